The van der Waals surface area contributed by atoms with Crippen LogP contribution in [0.2, 0.25) is 0 Å². The van der Waals surface area contributed by atoms with E-state index >= 15 is 0 Å². The minimum absolute atomic E-state index is 0.0717. The number of hydrazone groups is 1. The summed E-state index contributed by atoms with van der Waals surface area (Å²) < 4.78 is -1.72. The van der Waals surface area contributed by atoms with E-state index in [0.29, 0.717) is 5.95 Å². The first-order valence-corrected chi connectivity index (χ1v) is 7.55. The van der Waals surface area contributed by atoms with Crippen LogP contribution in [0, 0.1) is 0 Å². The van der Waals surface area contributed by atoms with Crippen LogP contribution in [0.5, 0.6) is 0 Å². The molecule has 1 fully saturated rings. The van der Waals surface area contributed by atoms with Crippen LogP contribution >= 0.6 is 34.8 Å². The molecule has 0 aliphatic carbocycles. The second-order valence-corrected chi connectivity index (χ2v) is 6.97. The van der Waals surface area contributed by atoms with Gasteiger partial charge in [0.05, 0.1) is 0 Å². The lowest BCUT2D eigenvalue weighted by Crippen LogP contribution is -2.44. The maximum atomic E-state index is 5.89. The molecule has 2 heterocycles. The number of nitrogens with zero attached hydrogens (tertiary/aromatic N) is 5. The van der Waals surface area contributed by atoms with E-state index in [-0.39, 0.29) is 11.8 Å². The Hall–Kier alpha value is -0.890. The fourth-order valence-corrected chi connectivity index (χ4v) is 1.96. The number of halogens is 3. The largest absolute Gasteiger partial charge is 0.338 e. The zero-order chi connectivity index (χ0) is 15.5. The summed E-state index contributed by atoms with van der Waals surface area (Å²) in [6.45, 7) is 6.95. The first-order valence-electron chi connectivity index (χ1n) is 6.42. The average molecular weight is 353 g/mol. The summed E-state index contributed by atoms with van der Waals surface area (Å²) in [6.07, 6.45) is 0. The van der Waals surface area contributed by atoms with Crippen molar-refractivity contribution in [1.29, 1.82) is 0 Å². The molecule has 7 nitrogen and oxygen atoms in total. The number of rotatable bonds is 3. The molecule has 0 spiro atoms. The van der Waals surface area contributed by atoms with Gasteiger partial charge in [0.25, 0.3) is 0 Å². The van der Waals surface area contributed by atoms with Crippen LogP contribution in [0.4, 0.5) is 11.9 Å². The number of alkyl halides is 3. The van der Waals surface area contributed by atoms with Gasteiger partial charge in [-0.3, -0.25) is 0 Å². The highest BCUT2D eigenvalue weighted by Gasteiger charge is 2.29. The number of hydrogen-bond donors (Lipinski definition) is 2. The van der Waals surface area contributed by atoms with Crippen molar-refractivity contribution in [3.05, 3.63) is 5.82 Å². The van der Waals surface area contributed by atoms with Crippen molar-refractivity contribution < 1.29 is 0 Å². The van der Waals surface area contributed by atoms with Gasteiger partial charge in [-0.05, 0) is 13.8 Å². The molecule has 0 unspecified atom stereocenters. The summed E-state index contributed by atoms with van der Waals surface area (Å²) in [5.74, 6) is 0.794. The van der Waals surface area contributed by atoms with Gasteiger partial charge >= 0.3 is 0 Å². The van der Waals surface area contributed by atoms with E-state index in [1.165, 1.54) is 0 Å². The molecule has 1 aliphatic rings. The van der Waals surface area contributed by atoms with E-state index in [9.17, 15) is 0 Å². The van der Waals surface area contributed by atoms with Crippen LogP contribution < -0.4 is 15.6 Å². The molecule has 0 bridgehead atoms. The average Bonchev–Trinajstić information content (AvgIpc) is 2.45. The highest BCUT2D eigenvalue weighted by Crippen LogP contribution is 2.36. The molecule has 0 saturated carbocycles. The normalized spacial score (nSPS) is 15.8. The molecule has 1 aliphatic heterocycles. The van der Waals surface area contributed by atoms with E-state index in [1.807, 2.05) is 18.7 Å². The highest BCUT2D eigenvalue weighted by atomic mass is 35.6. The third-order valence-corrected chi connectivity index (χ3v) is 3.16. The van der Waals surface area contributed by atoms with Gasteiger partial charge < -0.3 is 10.2 Å². The predicted octanol–water partition coefficient (Wildman–Crippen LogP) is 1.92. The second kappa shape index (κ2) is 6.91. The van der Waals surface area contributed by atoms with Crippen LogP contribution in [0.3, 0.4) is 0 Å². The molecular weight excluding hydrogens is 337 g/mol. The molecule has 21 heavy (non-hydrogen) atoms. The van der Waals surface area contributed by atoms with Gasteiger partial charge in [-0.1, -0.05) is 34.8 Å². The molecule has 1 aromatic rings. The maximum absolute atomic E-state index is 5.89. The Bertz CT molecular complexity index is 519. The van der Waals surface area contributed by atoms with Crippen LogP contribution in [-0.2, 0) is 3.79 Å². The van der Waals surface area contributed by atoms with Crippen molar-refractivity contribution in [3.63, 3.8) is 0 Å². The molecule has 2 rings (SSSR count). The molecule has 2 N–H and O–H groups in total. The number of anilines is 2. The number of aromatic nitrogens is 3. The van der Waals surface area contributed by atoms with Gasteiger partial charge in [-0.25, -0.2) is 5.43 Å². The zero-order valence-corrected chi connectivity index (χ0v) is 14.0. The van der Waals surface area contributed by atoms with Crippen LogP contribution in [0.25, 0.3) is 0 Å². The quantitative estimate of drug-likeness (QED) is 0.491. The number of nitrogens with one attached hydrogen (secondary N) is 2. The first-order chi connectivity index (χ1) is 9.86. The summed E-state index contributed by atoms with van der Waals surface area (Å²) in [4.78, 5) is 14.7. The van der Waals surface area contributed by atoms with E-state index in [0.717, 1.165) is 31.9 Å². The van der Waals surface area contributed by atoms with Crippen LogP contribution in [-0.4, -0.2) is 46.8 Å². The lowest BCUT2D eigenvalue weighted by Gasteiger charge is -2.28. The fourth-order valence-electron chi connectivity index (χ4n) is 1.71. The van der Waals surface area contributed by atoms with Crippen molar-refractivity contribution in [1.82, 2.24) is 20.3 Å². The smallest absolute Gasteiger partial charge is 0.250 e. The van der Waals surface area contributed by atoms with E-state index in [4.69, 9.17) is 34.8 Å². The number of hydrogen-bond acceptors (Lipinski definition) is 7. The molecule has 1 saturated heterocycles. The Morgan fingerprint density at radius 3 is 2.43 bits per heavy atom. The molecule has 1 aromatic heterocycles. The lowest BCUT2D eigenvalue weighted by atomic mass is 10.4. The van der Waals surface area contributed by atoms with E-state index < -0.39 is 3.79 Å². The van der Waals surface area contributed by atoms with E-state index in [1.54, 1.807) is 0 Å². The van der Waals surface area contributed by atoms with Crippen molar-refractivity contribution in [3.8, 4) is 0 Å². The monoisotopic (exact) mass is 351 g/mol. The Balaban J connectivity index is 2.34. The Morgan fingerprint density at radius 1 is 1.19 bits per heavy atom. The van der Waals surface area contributed by atoms with Crippen molar-refractivity contribution in [2.24, 2.45) is 5.10 Å². The Labute approximate surface area is 138 Å². The van der Waals surface area contributed by atoms with E-state index in [2.05, 4.69) is 30.8 Å². The zero-order valence-electron chi connectivity index (χ0n) is 11.7. The second-order valence-electron chi connectivity index (χ2n) is 4.69. The highest BCUT2D eigenvalue weighted by molar-refractivity contribution is 6.66. The molecule has 0 aromatic carbocycles. The van der Waals surface area contributed by atoms with Gasteiger partial charge in [-0.2, -0.15) is 20.1 Å². The third kappa shape index (κ3) is 4.81. The lowest BCUT2D eigenvalue weighted by molar-refractivity contribution is 0.578. The van der Waals surface area contributed by atoms with Gasteiger partial charge in [0, 0.05) is 31.9 Å². The summed E-state index contributed by atoms with van der Waals surface area (Å²) in [7, 11) is 0. The minimum atomic E-state index is -1.72. The SMILES string of the molecule is CC(C)=NNc1nc(N2CCNCC2)nc(C(Cl)(Cl)Cl)n1. The van der Waals surface area contributed by atoms with Gasteiger partial charge in [-0.15, -0.1) is 0 Å². The predicted molar refractivity (Wildman–Crippen MR) is 86.6 cm³/mol. The van der Waals surface area contributed by atoms with Crippen LogP contribution in [0.1, 0.15) is 19.7 Å². The summed E-state index contributed by atoms with van der Waals surface area (Å²) in [5, 5.41) is 7.31. The molecule has 0 atom stereocenters. The van der Waals surface area contributed by atoms with Gasteiger partial charge in [0.15, 0.2) is 5.82 Å². The molecular formula is C11H16Cl3N7. The molecule has 116 valence electrons. The summed E-state index contributed by atoms with van der Waals surface area (Å²) in [5.41, 5.74) is 3.57. The maximum Gasteiger partial charge on any atom is 0.250 e. The Morgan fingerprint density at radius 2 is 1.86 bits per heavy atom. The Kier molecular flexibility index (Phi) is 5.43. The molecule has 0 radical (unpaired) electrons. The van der Waals surface area contributed by atoms with Gasteiger partial charge in [0.1, 0.15) is 0 Å². The third-order valence-electron chi connectivity index (χ3n) is 2.66. The number of piperazine rings is 1. The molecule has 10 heteroatoms. The van der Waals surface area contributed by atoms with Crippen molar-refractivity contribution >= 4 is 52.4 Å². The first kappa shape index (κ1) is 16.5. The summed E-state index contributed by atoms with van der Waals surface area (Å²) >= 11 is 17.7. The fraction of sp³-hybridized carbons (Fsp3) is 0.636. The minimum Gasteiger partial charge on any atom is -0.338 e. The standard InChI is InChI=1S/C11H16Cl3N7/c1-7(2)19-20-9-16-8(11(12,13)14)17-10(18-9)21-5-3-15-4-6-21/h15H,3-6H2,1-2H3,(H,16,17,18,20). The molecule has 0 amide bonds. The summed E-state index contributed by atoms with van der Waals surface area (Å²) in [6, 6.07) is 0. The van der Waals surface area contributed by atoms with Crippen LogP contribution in [0.15, 0.2) is 5.10 Å². The van der Waals surface area contributed by atoms with Crippen molar-refractivity contribution in [2.45, 2.75) is 17.6 Å². The van der Waals surface area contributed by atoms with Crippen molar-refractivity contribution in [2.75, 3.05) is 36.5 Å². The van der Waals surface area contributed by atoms with Gasteiger partial charge in [0.2, 0.25) is 15.7 Å². The topological polar surface area (TPSA) is 78.3 Å².